The van der Waals surface area contributed by atoms with Gasteiger partial charge in [-0.15, -0.1) is 22.7 Å². The average molecular weight is 827 g/mol. The molecular formula is C56H34N4S2. The fourth-order valence-corrected chi connectivity index (χ4v) is 10.8. The van der Waals surface area contributed by atoms with E-state index in [-0.39, 0.29) is 0 Å². The average Bonchev–Trinajstić information content (AvgIpc) is 3.93. The second kappa shape index (κ2) is 15.1. The summed E-state index contributed by atoms with van der Waals surface area (Å²) in [6.45, 7) is 0. The van der Waals surface area contributed by atoms with E-state index in [9.17, 15) is 0 Å². The standard InChI is InChI=1S/C56H34N4S2/c1-3-17-35(18-4-1)37-21-15-23-39(33-37)51-49-45-29-11-13-31-47(45)61-55(49)60-54(57-51)44-28-10-8-26-42(44)41-25-7-9-27-43(41)52-50-46-30-12-14-32-48(46)62-56(50)59-53(58-52)40-24-16-22-38(34-40)36-19-5-2-6-20-36/h1-34H. The van der Waals surface area contributed by atoms with Crippen LogP contribution in [0.1, 0.15) is 0 Å². The van der Waals surface area contributed by atoms with E-state index in [1.165, 1.54) is 20.3 Å². The number of thiophene rings is 2. The molecule has 12 rings (SSSR count). The molecule has 0 unspecified atom stereocenters. The van der Waals surface area contributed by atoms with Gasteiger partial charge in [-0.1, -0.05) is 182 Å². The van der Waals surface area contributed by atoms with Crippen LogP contribution in [0.15, 0.2) is 206 Å². The van der Waals surface area contributed by atoms with Crippen molar-refractivity contribution < 1.29 is 0 Å². The van der Waals surface area contributed by atoms with Crippen molar-refractivity contribution in [2.24, 2.45) is 0 Å². The Kier molecular flexibility index (Phi) is 8.84. The third kappa shape index (κ3) is 6.28. The molecule has 0 N–H and O–H groups in total. The molecule has 0 bridgehead atoms. The third-order valence-corrected chi connectivity index (χ3v) is 13.7. The first-order chi connectivity index (χ1) is 30.7. The lowest BCUT2D eigenvalue weighted by atomic mass is 9.92. The first-order valence-electron chi connectivity index (χ1n) is 20.6. The predicted octanol–water partition coefficient (Wildman–Crippen LogP) is 15.7. The summed E-state index contributed by atoms with van der Waals surface area (Å²) in [5, 5.41) is 4.45. The van der Waals surface area contributed by atoms with Gasteiger partial charge in [0.25, 0.3) is 0 Å². The van der Waals surface area contributed by atoms with Gasteiger partial charge in [0, 0.05) is 53.2 Å². The monoisotopic (exact) mass is 826 g/mol. The van der Waals surface area contributed by atoms with E-state index in [4.69, 9.17) is 19.9 Å². The largest absolute Gasteiger partial charge is 0.227 e. The van der Waals surface area contributed by atoms with Gasteiger partial charge < -0.3 is 0 Å². The molecule has 0 fully saturated rings. The molecular weight excluding hydrogens is 793 g/mol. The second-order valence-corrected chi connectivity index (χ2v) is 17.4. The molecule has 6 heteroatoms. The van der Waals surface area contributed by atoms with Crippen LogP contribution in [0.2, 0.25) is 0 Å². The summed E-state index contributed by atoms with van der Waals surface area (Å²) < 4.78 is 2.37. The van der Waals surface area contributed by atoms with Crippen LogP contribution < -0.4 is 0 Å². The van der Waals surface area contributed by atoms with Crippen LogP contribution >= 0.6 is 22.7 Å². The van der Waals surface area contributed by atoms with Crippen LogP contribution in [-0.2, 0) is 0 Å². The van der Waals surface area contributed by atoms with Crippen LogP contribution in [0.25, 0.3) is 119 Å². The maximum Gasteiger partial charge on any atom is 0.162 e. The zero-order valence-electron chi connectivity index (χ0n) is 33.2. The topological polar surface area (TPSA) is 51.6 Å². The van der Waals surface area contributed by atoms with E-state index in [1.54, 1.807) is 22.7 Å². The van der Waals surface area contributed by atoms with Crippen molar-refractivity contribution in [3.63, 3.8) is 0 Å². The highest BCUT2D eigenvalue weighted by Crippen LogP contribution is 2.45. The van der Waals surface area contributed by atoms with Gasteiger partial charge >= 0.3 is 0 Å². The van der Waals surface area contributed by atoms with Crippen LogP contribution in [-0.4, -0.2) is 19.9 Å². The highest BCUT2D eigenvalue weighted by Gasteiger charge is 2.23. The molecule has 0 saturated heterocycles. The lowest BCUT2D eigenvalue weighted by Gasteiger charge is -2.16. The van der Waals surface area contributed by atoms with E-state index in [0.717, 1.165) is 87.3 Å². The zero-order chi connectivity index (χ0) is 41.0. The number of hydrogen-bond acceptors (Lipinski definition) is 6. The predicted molar refractivity (Wildman–Crippen MR) is 261 cm³/mol. The van der Waals surface area contributed by atoms with Gasteiger partial charge in [-0.2, -0.15) is 0 Å². The summed E-state index contributed by atoms with van der Waals surface area (Å²) >= 11 is 3.43. The van der Waals surface area contributed by atoms with Gasteiger partial charge in [-0.25, -0.2) is 19.9 Å². The minimum Gasteiger partial charge on any atom is -0.227 e. The van der Waals surface area contributed by atoms with Crippen molar-refractivity contribution in [2.75, 3.05) is 0 Å². The molecule has 0 atom stereocenters. The maximum atomic E-state index is 5.53. The number of benzene rings is 8. The van der Waals surface area contributed by atoms with Crippen LogP contribution in [0, 0.1) is 0 Å². The summed E-state index contributed by atoms with van der Waals surface area (Å²) in [5.41, 5.74) is 12.5. The molecule has 12 aromatic rings. The lowest BCUT2D eigenvalue weighted by molar-refractivity contribution is 1.24. The van der Waals surface area contributed by atoms with Gasteiger partial charge in [-0.05, 0) is 57.6 Å². The van der Waals surface area contributed by atoms with E-state index >= 15 is 0 Å². The normalized spacial score (nSPS) is 11.5. The summed E-state index contributed by atoms with van der Waals surface area (Å²) in [6.07, 6.45) is 0. The fraction of sp³-hybridized carbons (Fsp3) is 0. The molecule has 290 valence electrons. The molecule has 0 aliphatic rings. The molecule has 0 saturated carbocycles. The summed E-state index contributed by atoms with van der Waals surface area (Å²) in [4.78, 5) is 23.6. The molecule has 4 heterocycles. The van der Waals surface area contributed by atoms with Crippen molar-refractivity contribution in [3.05, 3.63) is 206 Å². The van der Waals surface area contributed by atoms with Gasteiger partial charge in [0.05, 0.1) is 11.4 Å². The van der Waals surface area contributed by atoms with Gasteiger partial charge in [0.1, 0.15) is 9.66 Å². The van der Waals surface area contributed by atoms with Crippen molar-refractivity contribution >= 4 is 63.3 Å². The Morgan fingerprint density at radius 2 is 0.694 bits per heavy atom. The van der Waals surface area contributed by atoms with Gasteiger partial charge in [0.2, 0.25) is 0 Å². The number of nitrogens with zero attached hydrogens (tertiary/aromatic N) is 4. The van der Waals surface area contributed by atoms with E-state index in [0.29, 0.717) is 11.6 Å². The zero-order valence-corrected chi connectivity index (χ0v) is 34.9. The Morgan fingerprint density at radius 1 is 0.274 bits per heavy atom. The summed E-state index contributed by atoms with van der Waals surface area (Å²) in [7, 11) is 0. The smallest absolute Gasteiger partial charge is 0.162 e. The van der Waals surface area contributed by atoms with Crippen LogP contribution in [0.5, 0.6) is 0 Å². The fourth-order valence-electron chi connectivity index (χ4n) is 8.68. The Hall–Kier alpha value is -7.64. The lowest BCUT2D eigenvalue weighted by Crippen LogP contribution is -1.98. The number of rotatable bonds is 7. The first kappa shape index (κ1) is 36.2. The molecule has 4 aromatic heterocycles. The molecule has 0 radical (unpaired) electrons. The highest BCUT2D eigenvalue weighted by atomic mass is 32.1. The molecule has 4 nitrogen and oxygen atoms in total. The van der Waals surface area contributed by atoms with Crippen LogP contribution in [0.4, 0.5) is 0 Å². The Bertz CT molecular complexity index is 3650. The second-order valence-electron chi connectivity index (χ2n) is 15.3. The maximum absolute atomic E-state index is 5.53. The summed E-state index contributed by atoms with van der Waals surface area (Å²) in [6, 6.07) is 72.6. The van der Waals surface area contributed by atoms with Crippen molar-refractivity contribution in [2.45, 2.75) is 0 Å². The number of fused-ring (bicyclic) bond motifs is 6. The summed E-state index contributed by atoms with van der Waals surface area (Å²) in [5.74, 6) is 1.38. The van der Waals surface area contributed by atoms with Crippen molar-refractivity contribution in [1.29, 1.82) is 0 Å². The molecule has 0 amide bonds. The van der Waals surface area contributed by atoms with Crippen molar-refractivity contribution in [1.82, 2.24) is 19.9 Å². The number of aromatic nitrogens is 4. The van der Waals surface area contributed by atoms with Gasteiger partial charge in [0.15, 0.2) is 11.6 Å². The van der Waals surface area contributed by atoms with E-state index < -0.39 is 0 Å². The Morgan fingerprint density at radius 3 is 1.32 bits per heavy atom. The molecule has 0 spiro atoms. The minimum absolute atomic E-state index is 0.682. The van der Waals surface area contributed by atoms with Crippen LogP contribution in [0.3, 0.4) is 0 Å². The third-order valence-electron chi connectivity index (χ3n) is 11.6. The van der Waals surface area contributed by atoms with Gasteiger partial charge in [-0.3, -0.25) is 0 Å². The Balaban J connectivity index is 1.07. The van der Waals surface area contributed by atoms with E-state index in [2.05, 4.69) is 200 Å². The van der Waals surface area contributed by atoms with Crippen molar-refractivity contribution in [3.8, 4) is 78.7 Å². The first-order valence-corrected chi connectivity index (χ1v) is 22.3. The molecule has 62 heavy (non-hydrogen) atoms. The minimum atomic E-state index is 0.682. The highest BCUT2D eigenvalue weighted by molar-refractivity contribution is 7.26. The SMILES string of the molecule is c1ccc(-c2cccc(-c3nc(-c4ccccc4-c4ccccc4-c4nc(-c5cccc(-c6ccccc6)c5)c5c(n4)sc4ccccc45)c4c(n3)sc3ccccc34)c2)cc1. The molecule has 0 aliphatic heterocycles. The number of hydrogen-bond donors (Lipinski definition) is 0. The quantitative estimate of drug-likeness (QED) is 0.161. The van der Waals surface area contributed by atoms with E-state index in [1.807, 2.05) is 6.07 Å². The Labute approximate surface area is 366 Å². The molecule has 0 aliphatic carbocycles. The molecule has 8 aromatic carbocycles.